The van der Waals surface area contributed by atoms with Crippen LogP contribution in [-0.4, -0.2) is 80.1 Å². The average Bonchev–Trinajstić information content (AvgIpc) is 2.66. The normalized spacial score (nSPS) is 17.0. The second-order valence-electron chi connectivity index (χ2n) is 9.31. The molecule has 8 nitrogen and oxygen atoms in total. The molecule has 1 fully saturated rings. The van der Waals surface area contributed by atoms with Crippen LogP contribution in [0.2, 0.25) is 0 Å². The highest BCUT2D eigenvalue weighted by Gasteiger charge is 2.31. The van der Waals surface area contributed by atoms with Crippen LogP contribution >= 0.6 is 0 Å². The zero-order valence-electron chi connectivity index (χ0n) is 19.8. The first kappa shape index (κ1) is 25.5. The van der Waals surface area contributed by atoms with Gasteiger partial charge in [-0.1, -0.05) is 13.8 Å². The van der Waals surface area contributed by atoms with Crippen molar-refractivity contribution in [3.63, 3.8) is 0 Å². The number of hydrogen-bond donors (Lipinski definition) is 3. The molecule has 0 aliphatic carbocycles. The molecule has 1 heterocycles. The molecule has 0 atom stereocenters. The number of morpholine rings is 1. The maximum absolute atomic E-state index is 12.3. The van der Waals surface area contributed by atoms with E-state index in [1.165, 1.54) is 0 Å². The third-order valence-corrected chi connectivity index (χ3v) is 5.49. The van der Waals surface area contributed by atoms with E-state index in [9.17, 15) is 4.79 Å². The molecule has 0 aromatic heterocycles. The topological polar surface area (TPSA) is 87.2 Å². The summed E-state index contributed by atoms with van der Waals surface area (Å²) >= 11 is 0. The number of carbonyl (C=O) groups excluding carboxylic acids is 1. The van der Waals surface area contributed by atoms with E-state index < -0.39 is 11.1 Å². The largest absolute Gasteiger partial charge is 0.444 e. The number of ether oxygens (including phenoxy) is 2. The molecule has 1 aliphatic rings. The average molecular weight is 414 g/mol. The number of carbonyl (C=O) groups is 1. The zero-order valence-corrected chi connectivity index (χ0v) is 19.8. The van der Waals surface area contributed by atoms with Gasteiger partial charge in [-0.05, 0) is 47.5 Å². The fourth-order valence-electron chi connectivity index (χ4n) is 3.30. The van der Waals surface area contributed by atoms with E-state index in [0.717, 1.165) is 51.6 Å². The Hall–Kier alpha value is -1.54. The van der Waals surface area contributed by atoms with Crippen molar-refractivity contribution >= 4 is 12.1 Å². The Morgan fingerprint density at radius 3 is 2.07 bits per heavy atom. The molecule has 0 aromatic rings. The highest BCUT2D eigenvalue weighted by atomic mass is 16.6. The van der Waals surface area contributed by atoms with E-state index in [-0.39, 0.29) is 11.6 Å². The van der Waals surface area contributed by atoms with E-state index in [2.05, 4.69) is 53.5 Å². The van der Waals surface area contributed by atoms with Crippen molar-refractivity contribution in [2.45, 2.75) is 78.0 Å². The lowest BCUT2D eigenvalue weighted by molar-refractivity contribution is -0.00834. The van der Waals surface area contributed by atoms with Crippen LogP contribution in [0, 0.1) is 0 Å². The minimum absolute atomic E-state index is 0.0111. The predicted molar refractivity (Wildman–Crippen MR) is 119 cm³/mol. The maximum Gasteiger partial charge on any atom is 0.408 e. The zero-order chi connectivity index (χ0) is 22.1. The molecule has 29 heavy (non-hydrogen) atoms. The van der Waals surface area contributed by atoms with Gasteiger partial charge in [0.1, 0.15) is 5.60 Å². The summed E-state index contributed by atoms with van der Waals surface area (Å²) in [6.45, 7) is 19.0. The fraction of sp³-hybridized carbons (Fsp3) is 0.905. The molecule has 0 radical (unpaired) electrons. The number of amides is 1. The third-order valence-electron chi connectivity index (χ3n) is 5.49. The van der Waals surface area contributed by atoms with Gasteiger partial charge < -0.3 is 25.4 Å². The van der Waals surface area contributed by atoms with Gasteiger partial charge in [-0.2, -0.15) is 0 Å². The van der Waals surface area contributed by atoms with Gasteiger partial charge in [0, 0.05) is 38.8 Å². The molecule has 0 spiro atoms. The number of nitrogens with zero attached hydrogens (tertiary/aromatic N) is 2. The fourth-order valence-corrected chi connectivity index (χ4v) is 3.30. The summed E-state index contributed by atoms with van der Waals surface area (Å²) in [6.07, 6.45) is 1.18. The molecule has 0 unspecified atom stereocenters. The minimum atomic E-state index is -0.520. The van der Waals surface area contributed by atoms with E-state index >= 15 is 0 Å². The number of guanidine groups is 1. The Kier molecular flexibility index (Phi) is 9.68. The van der Waals surface area contributed by atoms with Crippen LogP contribution in [0.3, 0.4) is 0 Å². The van der Waals surface area contributed by atoms with Crippen LogP contribution in [0.5, 0.6) is 0 Å². The minimum Gasteiger partial charge on any atom is -0.444 e. The lowest BCUT2D eigenvalue weighted by atomic mass is 9.93. The number of hydrogen-bond acceptors (Lipinski definition) is 5. The molecule has 1 rings (SSSR count). The van der Waals surface area contributed by atoms with Crippen molar-refractivity contribution in [2.75, 3.05) is 46.4 Å². The number of nitrogens with one attached hydrogen (secondary N) is 3. The molecule has 0 aromatic carbocycles. The molecule has 3 N–H and O–H groups in total. The Bertz CT molecular complexity index is 533. The molecule has 0 bridgehead atoms. The number of alkyl carbamates (subject to hydrolysis) is 1. The molecule has 8 heteroatoms. The maximum atomic E-state index is 12.3. The first-order chi connectivity index (χ1) is 13.5. The highest BCUT2D eigenvalue weighted by molar-refractivity contribution is 5.80. The van der Waals surface area contributed by atoms with Gasteiger partial charge in [-0.25, -0.2) is 4.79 Å². The number of aliphatic imine (C=N–C) groups is 1. The van der Waals surface area contributed by atoms with Gasteiger partial charge in [-0.15, -0.1) is 0 Å². The van der Waals surface area contributed by atoms with Gasteiger partial charge in [0.25, 0.3) is 0 Å². The summed E-state index contributed by atoms with van der Waals surface area (Å²) in [7, 11) is 1.76. The van der Waals surface area contributed by atoms with E-state index in [1.807, 2.05) is 20.8 Å². The summed E-state index contributed by atoms with van der Waals surface area (Å²) < 4.78 is 10.9. The van der Waals surface area contributed by atoms with Crippen molar-refractivity contribution in [3.05, 3.63) is 0 Å². The molecule has 1 aliphatic heterocycles. The Balaban J connectivity index is 2.63. The standard InChI is InChI=1S/C21H43N5O3/c1-9-21(10-2,25-18(27)29-19(3,4)5)16-24-17(22-8)23-15-20(6,7)26-11-13-28-14-12-26/h9-16H2,1-8H3,(H,25,27)(H2,22,23,24). The molecule has 170 valence electrons. The van der Waals surface area contributed by atoms with Gasteiger partial charge in [-0.3, -0.25) is 9.89 Å². The van der Waals surface area contributed by atoms with Crippen LogP contribution in [-0.2, 0) is 9.47 Å². The molecule has 1 amide bonds. The third kappa shape index (κ3) is 8.78. The van der Waals surface area contributed by atoms with E-state index in [4.69, 9.17) is 9.47 Å². The van der Waals surface area contributed by atoms with Crippen LogP contribution in [0.15, 0.2) is 4.99 Å². The Labute approximate surface area is 177 Å². The molecular weight excluding hydrogens is 370 g/mol. The van der Waals surface area contributed by atoms with Gasteiger partial charge in [0.05, 0.1) is 18.8 Å². The quantitative estimate of drug-likeness (QED) is 0.418. The second-order valence-corrected chi connectivity index (χ2v) is 9.31. The van der Waals surface area contributed by atoms with Gasteiger partial charge in [0.2, 0.25) is 0 Å². The first-order valence-corrected chi connectivity index (χ1v) is 10.8. The van der Waals surface area contributed by atoms with E-state index in [0.29, 0.717) is 6.54 Å². The van der Waals surface area contributed by atoms with Crippen molar-refractivity contribution < 1.29 is 14.3 Å². The second kappa shape index (κ2) is 11.0. The van der Waals surface area contributed by atoms with Gasteiger partial charge >= 0.3 is 6.09 Å². The van der Waals surface area contributed by atoms with Crippen LogP contribution < -0.4 is 16.0 Å². The summed E-state index contributed by atoms with van der Waals surface area (Å²) in [5.41, 5.74) is -0.935. The smallest absolute Gasteiger partial charge is 0.408 e. The van der Waals surface area contributed by atoms with Crippen molar-refractivity contribution in [2.24, 2.45) is 4.99 Å². The Morgan fingerprint density at radius 1 is 1.03 bits per heavy atom. The monoisotopic (exact) mass is 413 g/mol. The summed E-state index contributed by atoms with van der Waals surface area (Å²) in [6, 6.07) is 0. The number of rotatable bonds is 8. The molecule has 0 saturated carbocycles. The highest BCUT2D eigenvalue weighted by Crippen LogP contribution is 2.17. The van der Waals surface area contributed by atoms with Crippen LogP contribution in [0.25, 0.3) is 0 Å². The summed E-state index contributed by atoms with van der Waals surface area (Å²) in [4.78, 5) is 19.1. The SMILES string of the molecule is CCC(CC)(CNC(=NC)NCC(C)(C)N1CCOCC1)NC(=O)OC(C)(C)C. The molecule has 1 saturated heterocycles. The lowest BCUT2D eigenvalue weighted by Gasteiger charge is -2.41. The van der Waals surface area contributed by atoms with Crippen molar-refractivity contribution in [1.29, 1.82) is 0 Å². The summed E-state index contributed by atoms with van der Waals surface area (Å²) in [5.74, 6) is 0.726. The van der Waals surface area contributed by atoms with Crippen molar-refractivity contribution in [3.8, 4) is 0 Å². The van der Waals surface area contributed by atoms with Gasteiger partial charge in [0.15, 0.2) is 5.96 Å². The Morgan fingerprint density at radius 2 is 1.59 bits per heavy atom. The summed E-state index contributed by atoms with van der Waals surface area (Å²) in [5, 5.41) is 9.87. The van der Waals surface area contributed by atoms with E-state index in [1.54, 1.807) is 7.05 Å². The van der Waals surface area contributed by atoms with Crippen LogP contribution in [0.4, 0.5) is 4.79 Å². The van der Waals surface area contributed by atoms with Crippen LogP contribution in [0.1, 0.15) is 61.3 Å². The lowest BCUT2D eigenvalue weighted by Crippen LogP contribution is -2.59. The molecular formula is C21H43N5O3. The predicted octanol–water partition coefficient (Wildman–Crippen LogP) is 2.35. The first-order valence-electron chi connectivity index (χ1n) is 10.8. The van der Waals surface area contributed by atoms with Crippen molar-refractivity contribution in [1.82, 2.24) is 20.9 Å².